The van der Waals surface area contributed by atoms with E-state index in [2.05, 4.69) is 0 Å². The molecule has 0 amide bonds. The smallest absolute Gasteiger partial charge is 0.332 e. The highest BCUT2D eigenvalue weighted by Crippen LogP contribution is 2.27. The molecule has 6 heteroatoms. The third kappa shape index (κ3) is 4.66. The molecule has 126 valence electrons. The summed E-state index contributed by atoms with van der Waals surface area (Å²) in [5.74, 6) is -0.939. The molecule has 1 aromatic rings. The Morgan fingerprint density at radius 3 is 2.48 bits per heavy atom. The van der Waals surface area contributed by atoms with E-state index in [1.807, 2.05) is 49.3 Å². The van der Waals surface area contributed by atoms with Gasteiger partial charge in [-0.25, -0.2) is 13.3 Å². The van der Waals surface area contributed by atoms with Gasteiger partial charge in [0.05, 0.1) is 4.75 Å². The van der Waals surface area contributed by atoms with E-state index < -0.39 is 21.7 Å². The third-order valence-corrected chi connectivity index (χ3v) is 5.92. The molecule has 0 radical (unpaired) electrons. The summed E-state index contributed by atoms with van der Waals surface area (Å²) < 4.78 is 14.2. The van der Waals surface area contributed by atoms with Gasteiger partial charge in [-0.2, -0.15) is 0 Å². The molecule has 1 N–H and O–H groups in total. The Hall–Kier alpha value is -1.17. The monoisotopic (exact) mass is 355 g/mol. The molecule has 1 unspecified atom stereocenters. The number of nitrogens with zero attached hydrogens (tertiary/aromatic N) is 1. The first kappa shape index (κ1) is 18.2. The maximum Gasteiger partial charge on any atom is 0.332 e. The van der Waals surface area contributed by atoms with E-state index in [-0.39, 0.29) is 12.6 Å². The van der Waals surface area contributed by atoms with Gasteiger partial charge in [-0.15, -0.1) is 0 Å². The fourth-order valence-corrected chi connectivity index (χ4v) is 4.05. The van der Waals surface area contributed by atoms with Crippen molar-refractivity contribution in [3.8, 4) is 0 Å². The van der Waals surface area contributed by atoms with Gasteiger partial charge in [0.2, 0.25) is 0 Å². The van der Waals surface area contributed by atoms with Gasteiger partial charge < -0.3 is 5.11 Å². The standard InChI is InChI=1S/C17H22ClNO3S/c1-17(2,3)23(22)19-11-13(16(20)21)6-9-15(19)10-12-4-7-14(18)8-5-12/h4-8,15H,9-11H2,1-3H3,(H,20,21)/t15-,23?/m1/s1. The van der Waals surface area contributed by atoms with Crippen LogP contribution in [0.15, 0.2) is 35.9 Å². The normalized spacial score (nSPS) is 20.9. The van der Waals surface area contributed by atoms with E-state index in [0.717, 1.165) is 5.56 Å². The van der Waals surface area contributed by atoms with Crippen molar-refractivity contribution < 1.29 is 14.1 Å². The predicted molar refractivity (Wildman–Crippen MR) is 93.9 cm³/mol. The highest BCUT2D eigenvalue weighted by molar-refractivity contribution is 7.84. The lowest BCUT2D eigenvalue weighted by Gasteiger charge is -2.37. The average Bonchev–Trinajstić information content (AvgIpc) is 2.48. The van der Waals surface area contributed by atoms with Gasteiger partial charge in [0.15, 0.2) is 0 Å². The molecular weight excluding hydrogens is 334 g/mol. The van der Waals surface area contributed by atoms with Crippen LogP contribution in [-0.2, 0) is 22.2 Å². The molecule has 0 saturated heterocycles. The fourth-order valence-electron chi connectivity index (χ4n) is 2.54. The van der Waals surface area contributed by atoms with Crippen molar-refractivity contribution in [2.24, 2.45) is 0 Å². The Bertz CT molecular complexity index is 634. The number of aliphatic carboxylic acids is 1. The summed E-state index contributed by atoms with van der Waals surface area (Å²) in [4.78, 5) is 11.3. The molecule has 1 aromatic carbocycles. The van der Waals surface area contributed by atoms with Crippen LogP contribution < -0.4 is 0 Å². The Balaban J connectivity index is 2.25. The first-order valence-corrected chi connectivity index (χ1v) is 9.02. The Morgan fingerprint density at radius 1 is 1.35 bits per heavy atom. The molecule has 0 bridgehead atoms. The predicted octanol–water partition coefficient (Wildman–Crippen LogP) is 3.43. The Kier molecular flexibility index (Phi) is 5.65. The average molecular weight is 356 g/mol. The van der Waals surface area contributed by atoms with Gasteiger partial charge in [0, 0.05) is 23.2 Å². The molecule has 4 nitrogen and oxygen atoms in total. The van der Waals surface area contributed by atoms with Crippen LogP contribution in [0, 0.1) is 0 Å². The minimum atomic E-state index is -1.27. The first-order chi connectivity index (χ1) is 10.7. The topological polar surface area (TPSA) is 57.6 Å². The second-order valence-corrected chi connectivity index (χ2v) is 9.32. The lowest BCUT2D eigenvalue weighted by molar-refractivity contribution is -0.133. The Morgan fingerprint density at radius 2 is 1.96 bits per heavy atom. The van der Waals surface area contributed by atoms with Crippen molar-refractivity contribution in [2.45, 2.75) is 44.4 Å². The molecule has 0 aromatic heterocycles. The zero-order valence-electron chi connectivity index (χ0n) is 13.6. The highest BCUT2D eigenvalue weighted by atomic mass is 35.5. The third-order valence-electron chi connectivity index (χ3n) is 3.77. The number of carboxylic acid groups (broad SMARTS) is 1. The summed E-state index contributed by atoms with van der Waals surface area (Å²) in [6.07, 6.45) is 3.04. The summed E-state index contributed by atoms with van der Waals surface area (Å²) in [5, 5.41) is 9.92. The van der Waals surface area contributed by atoms with Crippen LogP contribution in [0.5, 0.6) is 0 Å². The van der Waals surface area contributed by atoms with E-state index in [1.54, 1.807) is 6.08 Å². The minimum Gasteiger partial charge on any atom is -0.478 e. The molecule has 2 rings (SSSR count). The molecule has 1 heterocycles. The molecule has 0 aliphatic carbocycles. The molecule has 0 spiro atoms. The van der Waals surface area contributed by atoms with Gasteiger partial charge in [0.25, 0.3) is 0 Å². The number of halogens is 1. The van der Waals surface area contributed by atoms with Crippen molar-refractivity contribution in [1.29, 1.82) is 0 Å². The van der Waals surface area contributed by atoms with E-state index in [0.29, 0.717) is 23.4 Å². The number of hydrogen-bond acceptors (Lipinski definition) is 2. The summed E-state index contributed by atoms with van der Waals surface area (Å²) >= 11 is 5.91. The van der Waals surface area contributed by atoms with E-state index in [1.165, 1.54) is 0 Å². The van der Waals surface area contributed by atoms with Crippen LogP contribution in [-0.4, -0.2) is 36.9 Å². The van der Waals surface area contributed by atoms with Crippen molar-refractivity contribution in [3.05, 3.63) is 46.5 Å². The van der Waals surface area contributed by atoms with Crippen LogP contribution in [0.25, 0.3) is 0 Å². The second kappa shape index (κ2) is 7.16. The molecule has 2 atom stereocenters. The number of hydrogen-bond donors (Lipinski definition) is 1. The highest BCUT2D eigenvalue weighted by Gasteiger charge is 2.35. The maximum atomic E-state index is 12.8. The van der Waals surface area contributed by atoms with Gasteiger partial charge in [0.1, 0.15) is 11.0 Å². The molecule has 23 heavy (non-hydrogen) atoms. The quantitative estimate of drug-likeness (QED) is 0.900. The lowest BCUT2D eigenvalue weighted by Crippen LogP contribution is -2.48. The van der Waals surface area contributed by atoms with Gasteiger partial charge in [-0.3, -0.25) is 0 Å². The molecule has 1 aliphatic heterocycles. The minimum absolute atomic E-state index is 0.0133. The molecular formula is C17H22ClNO3S. The molecule has 0 saturated carbocycles. The number of carbonyl (C=O) groups is 1. The largest absolute Gasteiger partial charge is 0.478 e. The number of benzene rings is 1. The van der Waals surface area contributed by atoms with Crippen molar-refractivity contribution in [2.75, 3.05) is 6.54 Å². The lowest BCUT2D eigenvalue weighted by atomic mass is 9.98. The zero-order chi connectivity index (χ0) is 17.2. The van der Waals surface area contributed by atoms with Gasteiger partial charge >= 0.3 is 5.97 Å². The Labute approximate surface area is 144 Å². The van der Waals surface area contributed by atoms with E-state index in [4.69, 9.17) is 11.6 Å². The summed E-state index contributed by atoms with van der Waals surface area (Å²) in [7, 11) is -1.27. The fraction of sp³-hybridized carbons (Fsp3) is 0.471. The summed E-state index contributed by atoms with van der Waals surface area (Å²) in [6.45, 7) is 5.92. The van der Waals surface area contributed by atoms with E-state index >= 15 is 0 Å². The number of rotatable bonds is 4. The van der Waals surface area contributed by atoms with Crippen LogP contribution in [0.1, 0.15) is 32.8 Å². The van der Waals surface area contributed by atoms with Crippen LogP contribution in [0.2, 0.25) is 5.02 Å². The second-order valence-electron chi connectivity index (χ2n) is 6.69. The van der Waals surface area contributed by atoms with Crippen LogP contribution in [0.3, 0.4) is 0 Å². The van der Waals surface area contributed by atoms with Crippen molar-refractivity contribution in [3.63, 3.8) is 0 Å². The van der Waals surface area contributed by atoms with E-state index in [9.17, 15) is 14.1 Å². The summed E-state index contributed by atoms with van der Waals surface area (Å²) in [5.41, 5.74) is 1.41. The van der Waals surface area contributed by atoms with Crippen molar-refractivity contribution in [1.82, 2.24) is 4.31 Å². The summed E-state index contributed by atoms with van der Waals surface area (Å²) in [6, 6.07) is 7.60. The number of carboxylic acids is 1. The zero-order valence-corrected chi connectivity index (χ0v) is 15.2. The first-order valence-electron chi connectivity index (χ1n) is 7.54. The SMILES string of the molecule is CC(C)(C)S(=O)N1CC(C(=O)O)=CC[C@@H]1Cc1ccc(Cl)cc1. The van der Waals surface area contributed by atoms with Gasteiger partial charge in [-0.1, -0.05) is 29.8 Å². The van der Waals surface area contributed by atoms with Crippen LogP contribution >= 0.6 is 11.6 Å². The van der Waals surface area contributed by atoms with Crippen LogP contribution in [0.4, 0.5) is 0 Å². The molecule has 0 fully saturated rings. The maximum absolute atomic E-state index is 12.8. The van der Waals surface area contributed by atoms with Crippen molar-refractivity contribution >= 4 is 28.6 Å². The van der Waals surface area contributed by atoms with Gasteiger partial charge in [-0.05, 0) is 51.3 Å². The molecule has 1 aliphatic rings.